The van der Waals surface area contributed by atoms with Crippen molar-refractivity contribution in [3.05, 3.63) is 98.0 Å². The third-order valence-corrected chi connectivity index (χ3v) is 7.35. The molecule has 0 saturated carbocycles. The van der Waals surface area contributed by atoms with Gasteiger partial charge in [0.05, 0.1) is 24.5 Å². The Morgan fingerprint density at radius 1 is 0.912 bits per heavy atom. The lowest BCUT2D eigenvalue weighted by Gasteiger charge is -2.23. The molecule has 1 atom stereocenters. The fourth-order valence-corrected chi connectivity index (χ4v) is 5.20. The summed E-state index contributed by atoms with van der Waals surface area (Å²) in [5.41, 5.74) is 6.20. The largest absolute Gasteiger partial charge is 0.346 e. The predicted octanol–water partition coefficient (Wildman–Crippen LogP) is 6.38. The molecule has 0 aliphatic heterocycles. The molecule has 8 heteroatoms. The van der Waals surface area contributed by atoms with Gasteiger partial charge >= 0.3 is 0 Å². The highest BCUT2D eigenvalue weighted by Crippen LogP contribution is 2.28. The summed E-state index contributed by atoms with van der Waals surface area (Å²) >= 11 is 12.1. The lowest BCUT2D eigenvalue weighted by molar-refractivity contribution is 0.0940. The van der Waals surface area contributed by atoms with Gasteiger partial charge in [0, 0.05) is 15.6 Å². The van der Waals surface area contributed by atoms with Crippen LogP contribution in [-0.2, 0) is 16.6 Å². The molecule has 0 fully saturated rings. The van der Waals surface area contributed by atoms with Gasteiger partial charge in [-0.3, -0.25) is 9.10 Å². The number of hydrogen-bond donors (Lipinski definition) is 1. The van der Waals surface area contributed by atoms with Crippen molar-refractivity contribution in [3.63, 3.8) is 0 Å². The van der Waals surface area contributed by atoms with E-state index in [1.54, 1.807) is 42.5 Å². The first-order valence-corrected chi connectivity index (χ1v) is 13.4. The van der Waals surface area contributed by atoms with E-state index in [-0.39, 0.29) is 18.5 Å². The molecule has 0 saturated heterocycles. The molecule has 0 aliphatic carbocycles. The summed E-state index contributed by atoms with van der Waals surface area (Å²) in [4.78, 5) is 12.8. The van der Waals surface area contributed by atoms with Crippen LogP contribution < -0.4 is 9.62 Å². The van der Waals surface area contributed by atoms with Crippen LogP contribution in [0.5, 0.6) is 0 Å². The minimum atomic E-state index is -3.60. The molecule has 1 unspecified atom stereocenters. The first-order valence-electron chi connectivity index (χ1n) is 10.8. The Morgan fingerprint density at radius 2 is 1.47 bits per heavy atom. The minimum Gasteiger partial charge on any atom is -0.346 e. The van der Waals surface area contributed by atoms with Crippen LogP contribution in [0.1, 0.15) is 51.1 Å². The number of carbonyl (C=O) groups is 1. The molecule has 0 radical (unpaired) electrons. The van der Waals surface area contributed by atoms with E-state index in [9.17, 15) is 13.2 Å². The Hall–Kier alpha value is -2.54. The number of rotatable bonds is 7. The standard InChI is InChI=1S/C26H28Cl2N2O3S/c1-16-10-18(3)25(11-17(16)2)19(4)29-26(31)21-8-6-20(7-9-21)15-30(34(5,32)33)24-13-22(27)12-23(28)14-24/h6-14,19H,15H2,1-5H3,(H,29,31). The second-order valence-electron chi connectivity index (χ2n) is 8.58. The van der Waals surface area contributed by atoms with Crippen molar-refractivity contribution in [1.29, 1.82) is 0 Å². The lowest BCUT2D eigenvalue weighted by atomic mass is 9.96. The Kier molecular flexibility index (Phi) is 7.96. The Morgan fingerprint density at radius 3 is 2.03 bits per heavy atom. The monoisotopic (exact) mass is 518 g/mol. The van der Waals surface area contributed by atoms with Gasteiger partial charge in [0.2, 0.25) is 10.0 Å². The van der Waals surface area contributed by atoms with Crippen LogP contribution in [0.15, 0.2) is 54.6 Å². The fraction of sp³-hybridized carbons (Fsp3) is 0.269. The van der Waals surface area contributed by atoms with Crippen molar-refractivity contribution in [2.45, 2.75) is 40.3 Å². The second kappa shape index (κ2) is 10.4. The number of nitrogens with one attached hydrogen (secondary N) is 1. The minimum absolute atomic E-state index is 0.0790. The number of benzene rings is 3. The van der Waals surface area contributed by atoms with Crippen LogP contribution in [0.4, 0.5) is 5.69 Å². The maximum absolute atomic E-state index is 12.8. The van der Waals surface area contributed by atoms with Crippen LogP contribution in [0.2, 0.25) is 10.0 Å². The summed E-state index contributed by atoms with van der Waals surface area (Å²) in [6.07, 6.45) is 1.12. The molecule has 3 aromatic rings. The zero-order valence-electron chi connectivity index (χ0n) is 19.8. The normalized spacial score (nSPS) is 12.3. The molecule has 1 amide bonds. The predicted molar refractivity (Wildman–Crippen MR) is 140 cm³/mol. The topological polar surface area (TPSA) is 66.5 Å². The van der Waals surface area contributed by atoms with E-state index in [1.807, 2.05) is 13.8 Å². The highest BCUT2D eigenvalue weighted by molar-refractivity contribution is 7.92. The van der Waals surface area contributed by atoms with E-state index in [0.717, 1.165) is 22.9 Å². The van der Waals surface area contributed by atoms with E-state index in [1.165, 1.54) is 15.4 Å². The number of anilines is 1. The highest BCUT2D eigenvalue weighted by Gasteiger charge is 2.20. The van der Waals surface area contributed by atoms with Crippen molar-refractivity contribution >= 4 is 44.8 Å². The summed E-state index contributed by atoms with van der Waals surface area (Å²) in [7, 11) is -3.60. The van der Waals surface area contributed by atoms with Crippen molar-refractivity contribution in [3.8, 4) is 0 Å². The van der Waals surface area contributed by atoms with Crippen LogP contribution in [-0.4, -0.2) is 20.6 Å². The second-order valence-corrected chi connectivity index (χ2v) is 11.4. The molecule has 3 rings (SSSR count). The Labute approximate surface area is 211 Å². The number of amides is 1. The van der Waals surface area contributed by atoms with Gasteiger partial charge in [-0.15, -0.1) is 0 Å². The van der Waals surface area contributed by atoms with Crippen LogP contribution in [0.3, 0.4) is 0 Å². The first kappa shape index (κ1) is 26.1. The van der Waals surface area contributed by atoms with E-state index in [0.29, 0.717) is 21.3 Å². The molecular weight excluding hydrogens is 491 g/mol. The number of sulfonamides is 1. The molecule has 0 aromatic heterocycles. The fourth-order valence-electron chi connectivity index (χ4n) is 3.82. The van der Waals surface area contributed by atoms with Crippen molar-refractivity contribution < 1.29 is 13.2 Å². The molecule has 34 heavy (non-hydrogen) atoms. The van der Waals surface area contributed by atoms with E-state index >= 15 is 0 Å². The van der Waals surface area contributed by atoms with Crippen LogP contribution in [0, 0.1) is 20.8 Å². The van der Waals surface area contributed by atoms with Crippen LogP contribution in [0.25, 0.3) is 0 Å². The maximum atomic E-state index is 12.8. The summed E-state index contributed by atoms with van der Waals surface area (Å²) in [6, 6.07) is 15.6. The number of nitrogens with zero attached hydrogens (tertiary/aromatic N) is 1. The van der Waals surface area contributed by atoms with E-state index in [4.69, 9.17) is 23.2 Å². The first-order chi connectivity index (χ1) is 15.8. The van der Waals surface area contributed by atoms with Gasteiger partial charge in [0.25, 0.3) is 5.91 Å². The average molecular weight is 519 g/mol. The van der Waals surface area contributed by atoms with Crippen molar-refractivity contribution in [2.24, 2.45) is 0 Å². The summed E-state index contributed by atoms with van der Waals surface area (Å²) in [5, 5.41) is 3.74. The van der Waals surface area contributed by atoms with Gasteiger partial charge in [-0.2, -0.15) is 0 Å². The van der Waals surface area contributed by atoms with Crippen molar-refractivity contribution in [2.75, 3.05) is 10.6 Å². The van der Waals surface area contributed by atoms with Crippen LogP contribution >= 0.6 is 23.2 Å². The van der Waals surface area contributed by atoms with Crippen molar-refractivity contribution in [1.82, 2.24) is 5.32 Å². The number of aryl methyl sites for hydroxylation is 3. The molecule has 3 aromatic carbocycles. The van der Waals surface area contributed by atoms with Gasteiger partial charge in [-0.1, -0.05) is 47.5 Å². The Bertz CT molecular complexity index is 1300. The molecule has 0 spiro atoms. The average Bonchev–Trinajstić information content (AvgIpc) is 2.73. The van der Waals surface area contributed by atoms with E-state index in [2.05, 4.69) is 31.3 Å². The summed E-state index contributed by atoms with van der Waals surface area (Å²) < 4.78 is 26.1. The molecule has 1 N–H and O–H groups in total. The lowest BCUT2D eigenvalue weighted by Crippen LogP contribution is -2.29. The molecule has 0 bridgehead atoms. The number of hydrogen-bond acceptors (Lipinski definition) is 3. The number of halogens is 2. The van der Waals surface area contributed by atoms with Gasteiger partial charge in [-0.25, -0.2) is 8.42 Å². The third kappa shape index (κ3) is 6.32. The smallest absolute Gasteiger partial charge is 0.251 e. The molecule has 5 nitrogen and oxygen atoms in total. The molecule has 0 heterocycles. The van der Waals surface area contributed by atoms with Gasteiger partial charge < -0.3 is 5.32 Å². The summed E-state index contributed by atoms with van der Waals surface area (Å²) in [6.45, 7) is 8.21. The SMILES string of the molecule is Cc1cc(C)c(C(C)NC(=O)c2ccc(CN(c3cc(Cl)cc(Cl)c3)S(C)(=O)=O)cc2)cc1C. The zero-order valence-corrected chi connectivity index (χ0v) is 22.1. The molecule has 0 aliphatic rings. The maximum Gasteiger partial charge on any atom is 0.251 e. The zero-order chi connectivity index (χ0) is 25.2. The number of carbonyl (C=O) groups excluding carboxylic acids is 1. The molecule has 180 valence electrons. The van der Waals surface area contributed by atoms with Gasteiger partial charge in [0.15, 0.2) is 0 Å². The third-order valence-electron chi connectivity index (χ3n) is 5.77. The highest BCUT2D eigenvalue weighted by atomic mass is 35.5. The Balaban J connectivity index is 1.77. The summed E-state index contributed by atoms with van der Waals surface area (Å²) in [5.74, 6) is -0.196. The quantitative estimate of drug-likeness (QED) is 0.394. The molecular formula is C26H28Cl2N2O3S. The van der Waals surface area contributed by atoms with Gasteiger partial charge in [-0.05, 0) is 85.8 Å². The van der Waals surface area contributed by atoms with E-state index < -0.39 is 10.0 Å². The van der Waals surface area contributed by atoms with Gasteiger partial charge in [0.1, 0.15) is 0 Å².